The zero-order valence-corrected chi connectivity index (χ0v) is 20.8. The highest BCUT2D eigenvalue weighted by Gasteiger charge is 2.26. The highest BCUT2D eigenvalue weighted by atomic mass is 79.9. The number of aliphatic hydroxyl groups is 1. The topological polar surface area (TPSA) is 128 Å². The van der Waals surface area contributed by atoms with Gasteiger partial charge in [0.15, 0.2) is 16.3 Å². The number of hydrogen-bond donors (Lipinski definition) is 2. The number of fused-ring (bicyclic) bond motifs is 1. The SMILES string of the molecule is CCOC(=O)[C@H](CC)Sc1nc2c(c(=O)[nH]c(=O)n2C)n1C[C@H](O)COc1ccc(Br)cc1. The number of esters is 1. The lowest BCUT2D eigenvalue weighted by Crippen LogP contribution is -2.31. The molecule has 0 saturated carbocycles. The van der Waals surface area contributed by atoms with Crippen LogP contribution in [-0.2, 0) is 23.1 Å². The first-order valence-electron chi connectivity index (χ1n) is 10.3. The highest BCUT2D eigenvalue weighted by Crippen LogP contribution is 2.28. The number of imidazole rings is 1. The minimum Gasteiger partial charge on any atom is -0.491 e. The van der Waals surface area contributed by atoms with E-state index in [0.717, 1.165) is 16.2 Å². The molecule has 2 aromatic heterocycles. The van der Waals surface area contributed by atoms with E-state index in [2.05, 4.69) is 25.9 Å². The van der Waals surface area contributed by atoms with Crippen molar-refractivity contribution < 1.29 is 19.4 Å². The van der Waals surface area contributed by atoms with Crippen molar-refractivity contribution >= 4 is 44.8 Å². The molecule has 2 heterocycles. The van der Waals surface area contributed by atoms with Gasteiger partial charge in [-0.25, -0.2) is 9.78 Å². The molecule has 3 aromatic rings. The molecule has 0 aliphatic rings. The summed E-state index contributed by atoms with van der Waals surface area (Å²) in [5.41, 5.74) is -0.949. The lowest BCUT2D eigenvalue weighted by molar-refractivity contribution is -0.142. The van der Waals surface area contributed by atoms with Crippen molar-refractivity contribution in [3.8, 4) is 5.75 Å². The van der Waals surface area contributed by atoms with E-state index in [0.29, 0.717) is 17.3 Å². The molecular weight excluding hydrogens is 516 g/mol. The van der Waals surface area contributed by atoms with Crippen molar-refractivity contribution in [2.75, 3.05) is 13.2 Å². The van der Waals surface area contributed by atoms with Gasteiger partial charge < -0.3 is 19.1 Å². The first-order valence-corrected chi connectivity index (χ1v) is 12.0. The molecule has 33 heavy (non-hydrogen) atoms. The normalized spacial score (nSPS) is 13.1. The van der Waals surface area contributed by atoms with Crippen molar-refractivity contribution in [2.45, 2.75) is 43.3 Å². The third-order valence-electron chi connectivity index (χ3n) is 4.79. The molecule has 0 unspecified atom stereocenters. The van der Waals surface area contributed by atoms with Crippen molar-refractivity contribution in [1.82, 2.24) is 19.1 Å². The average molecular weight is 541 g/mol. The highest BCUT2D eigenvalue weighted by molar-refractivity contribution is 9.10. The Hall–Kier alpha value is -2.57. The minimum absolute atomic E-state index is 0.0318. The van der Waals surface area contributed by atoms with E-state index in [4.69, 9.17) is 9.47 Å². The molecule has 178 valence electrons. The van der Waals surface area contributed by atoms with Crippen LogP contribution >= 0.6 is 27.7 Å². The third-order valence-corrected chi connectivity index (χ3v) is 6.65. The Kier molecular flexibility index (Phi) is 8.38. The number of aliphatic hydroxyl groups excluding tert-OH is 1. The van der Waals surface area contributed by atoms with Crippen molar-refractivity contribution in [1.29, 1.82) is 0 Å². The number of carbonyl (C=O) groups excluding carboxylic acids is 1. The molecule has 0 spiro atoms. The molecule has 2 N–H and O–H groups in total. The van der Waals surface area contributed by atoms with Crippen LogP contribution in [0.25, 0.3) is 11.2 Å². The van der Waals surface area contributed by atoms with Gasteiger partial charge in [0.2, 0.25) is 0 Å². The molecule has 0 amide bonds. The van der Waals surface area contributed by atoms with Gasteiger partial charge in [-0.15, -0.1) is 0 Å². The van der Waals surface area contributed by atoms with Gasteiger partial charge in [0.25, 0.3) is 5.56 Å². The molecule has 10 nitrogen and oxygen atoms in total. The Labute approximate surface area is 202 Å². The standard InChI is InChI=1S/C21H25BrN4O6S/c1-4-15(19(29)31-5-2)33-21-23-17-16(18(28)24-20(30)25(17)3)26(21)10-13(27)11-32-14-8-6-12(22)7-9-14/h6-9,13,15,27H,4-5,10-11H2,1-3H3,(H,24,28,30)/t13-,15-/m0/s1. The number of ether oxygens (including phenoxy) is 2. The van der Waals surface area contributed by atoms with Crippen molar-refractivity contribution in [2.24, 2.45) is 7.05 Å². The van der Waals surface area contributed by atoms with Crippen molar-refractivity contribution in [3.05, 3.63) is 49.6 Å². The second-order valence-electron chi connectivity index (χ2n) is 7.18. The molecule has 2 atom stereocenters. The van der Waals surface area contributed by atoms with Crippen LogP contribution < -0.4 is 16.0 Å². The first kappa shape index (κ1) is 25.1. The van der Waals surface area contributed by atoms with Crippen molar-refractivity contribution in [3.63, 3.8) is 0 Å². The quantitative estimate of drug-likeness (QED) is 0.295. The van der Waals surface area contributed by atoms with Crippen LogP contribution in [0, 0.1) is 0 Å². The number of carbonyl (C=O) groups is 1. The van der Waals surface area contributed by atoms with Crippen LogP contribution in [0.3, 0.4) is 0 Å². The van der Waals surface area contributed by atoms with Crippen LogP contribution in [0.1, 0.15) is 20.3 Å². The van der Waals surface area contributed by atoms with E-state index in [9.17, 15) is 19.5 Å². The number of nitrogens with zero attached hydrogens (tertiary/aromatic N) is 3. The molecule has 0 saturated heterocycles. The zero-order chi connectivity index (χ0) is 24.1. The van der Waals surface area contributed by atoms with Crippen LogP contribution in [0.4, 0.5) is 0 Å². The number of benzene rings is 1. The largest absolute Gasteiger partial charge is 0.491 e. The average Bonchev–Trinajstić information content (AvgIpc) is 3.14. The third kappa shape index (κ3) is 5.87. The fourth-order valence-corrected chi connectivity index (χ4v) is 4.40. The zero-order valence-electron chi connectivity index (χ0n) is 18.4. The number of aryl methyl sites for hydroxylation is 1. The van der Waals surface area contributed by atoms with Gasteiger partial charge in [0.1, 0.15) is 23.7 Å². The number of hydrogen-bond acceptors (Lipinski definition) is 8. The molecule has 3 rings (SSSR count). The molecule has 0 aliphatic heterocycles. The number of aromatic nitrogens is 4. The summed E-state index contributed by atoms with van der Waals surface area (Å²) in [6.45, 7) is 3.74. The predicted molar refractivity (Wildman–Crippen MR) is 128 cm³/mol. The van der Waals surface area contributed by atoms with E-state index >= 15 is 0 Å². The second-order valence-corrected chi connectivity index (χ2v) is 9.27. The van der Waals surface area contributed by atoms with E-state index in [1.807, 2.05) is 19.1 Å². The summed E-state index contributed by atoms with van der Waals surface area (Å²) in [7, 11) is 1.49. The predicted octanol–water partition coefficient (Wildman–Crippen LogP) is 2.06. The number of nitrogens with one attached hydrogen (secondary N) is 1. The lowest BCUT2D eigenvalue weighted by atomic mass is 10.3. The number of halogens is 1. The minimum atomic E-state index is -0.996. The molecule has 12 heteroatoms. The van der Waals surface area contributed by atoms with E-state index in [1.165, 1.54) is 16.2 Å². The van der Waals surface area contributed by atoms with Gasteiger partial charge in [0.05, 0.1) is 13.2 Å². The first-order chi connectivity index (χ1) is 15.7. The molecule has 0 aliphatic carbocycles. The summed E-state index contributed by atoms with van der Waals surface area (Å²) < 4.78 is 14.4. The smallest absolute Gasteiger partial charge is 0.329 e. The molecule has 1 aromatic carbocycles. The fraction of sp³-hybridized carbons (Fsp3) is 0.429. The monoisotopic (exact) mass is 540 g/mol. The Morgan fingerprint density at radius 3 is 2.61 bits per heavy atom. The summed E-state index contributed by atoms with van der Waals surface area (Å²) in [6, 6.07) is 7.16. The molecule has 0 fully saturated rings. The van der Waals surface area contributed by atoms with Gasteiger partial charge >= 0.3 is 11.7 Å². The van der Waals surface area contributed by atoms with Crippen LogP contribution in [0.2, 0.25) is 0 Å². The summed E-state index contributed by atoms with van der Waals surface area (Å²) in [5, 5.41) is 10.4. The van der Waals surface area contributed by atoms with Gasteiger partial charge in [-0.2, -0.15) is 0 Å². The second kappa shape index (κ2) is 11.0. The maximum absolute atomic E-state index is 12.6. The van der Waals surface area contributed by atoms with Crippen LogP contribution in [0.5, 0.6) is 5.75 Å². The van der Waals surface area contributed by atoms with Crippen LogP contribution in [-0.4, -0.2) is 54.7 Å². The molecule has 0 bridgehead atoms. The van der Waals surface area contributed by atoms with Gasteiger partial charge in [0, 0.05) is 11.5 Å². The van der Waals surface area contributed by atoms with Gasteiger partial charge in [-0.05, 0) is 37.6 Å². The fourth-order valence-electron chi connectivity index (χ4n) is 3.12. The maximum atomic E-state index is 12.6. The summed E-state index contributed by atoms with van der Waals surface area (Å²) in [6.07, 6.45) is -0.526. The number of thioether (sulfide) groups is 1. The molecular formula is C21H25BrN4O6S. The summed E-state index contributed by atoms with van der Waals surface area (Å²) in [5.74, 6) is 0.182. The van der Waals surface area contributed by atoms with Gasteiger partial charge in [-0.3, -0.25) is 19.1 Å². The Balaban J connectivity index is 1.93. The Morgan fingerprint density at radius 1 is 1.27 bits per heavy atom. The number of aromatic amines is 1. The molecule has 0 radical (unpaired) electrons. The lowest BCUT2D eigenvalue weighted by Gasteiger charge is -2.17. The Bertz CT molecular complexity index is 1240. The maximum Gasteiger partial charge on any atom is 0.329 e. The Morgan fingerprint density at radius 2 is 1.97 bits per heavy atom. The van der Waals surface area contributed by atoms with Crippen LogP contribution in [0.15, 0.2) is 43.5 Å². The van der Waals surface area contributed by atoms with E-state index in [1.54, 1.807) is 19.1 Å². The summed E-state index contributed by atoms with van der Waals surface area (Å²) >= 11 is 4.47. The number of rotatable bonds is 10. The van der Waals surface area contributed by atoms with E-state index < -0.39 is 28.6 Å². The van der Waals surface area contributed by atoms with E-state index in [-0.39, 0.29) is 30.9 Å². The summed E-state index contributed by atoms with van der Waals surface area (Å²) in [4.78, 5) is 43.7. The van der Waals surface area contributed by atoms with Gasteiger partial charge in [-0.1, -0.05) is 34.6 Å². The number of H-pyrrole nitrogens is 1.